The molecule has 0 bridgehead atoms. The predicted octanol–water partition coefficient (Wildman–Crippen LogP) is 4.93. The number of H-pyrrole nitrogens is 1. The number of aromatic amines is 1. The quantitative estimate of drug-likeness (QED) is 0.659. The van der Waals surface area contributed by atoms with Crippen LogP contribution in [-0.2, 0) is 13.0 Å². The maximum absolute atomic E-state index is 11.3. The van der Waals surface area contributed by atoms with E-state index in [1.807, 2.05) is 6.07 Å². The Labute approximate surface area is 152 Å². The van der Waals surface area contributed by atoms with Crippen molar-refractivity contribution < 1.29 is 5.11 Å². The highest BCUT2D eigenvalue weighted by molar-refractivity contribution is 6.00. The summed E-state index contributed by atoms with van der Waals surface area (Å²) in [6, 6.07) is 8.53. The van der Waals surface area contributed by atoms with Gasteiger partial charge in [0.2, 0.25) is 5.88 Å². The van der Waals surface area contributed by atoms with Crippen LogP contribution in [0.25, 0.3) is 22.0 Å². The molecule has 2 heterocycles. The average Bonchev–Trinajstić information content (AvgIpc) is 2.95. The number of likely N-dealkylation sites (N-methyl/N-ethyl adjacent to an activating group) is 1. The summed E-state index contributed by atoms with van der Waals surface area (Å²) in [7, 11) is 0. The van der Waals surface area contributed by atoms with Crippen LogP contribution in [-0.4, -0.2) is 28.1 Å². The zero-order valence-electron chi connectivity index (χ0n) is 15.4. The molecule has 5 nitrogen and oxygen atoms in total. The highest BCUT2D eigenvalue weighted by atomic mass is 16.3. The first-order chi connectivity index (χ1) is 12.5. The molecule has 1 aliphatic heterocycles. The molecule has 2 aromatic carbocycles. The molecule has 0 atom stereocenters. The first-order valence-corrected chi connectivity index (χ1v) is 9.05. The second-order valence-electron chi connectivity index (χ2n) is 7.21. The number of hydrogen-bond acceptors (Lipinski definition) is 4. The van der Waals surface area contributed by atoms with Gasteiger partial charge < -0.3 is 10.1 Å². The topological polar surface area (TPSA) is 68.7 Å². The molecule has 0 radical (unpaired) electrons. The lowest BCUT2D eigenvalue weighted by molar-refractivity contribution is 0.269. The Balaban J connectivity index is 2.05. The van der Waals surface area contributed by atoms with Crippen molar-refractivity contribution >= 4 is 16.6 Å². The van der Waals surface area contributed by atoms with Crippen LogP contribution < -0.4 is 0 Å². The number of hydrogen-bond donors (Lipinski definition) is 2. The highest BCUT2D eigenvalue weighted by Crippen LogP contribution is 2.43. The number of nitroso groups, excluding NO2 is 1. The van der Waals surface area contributed by atoms with Crippen molar-refractivity contribution in [3.8, 4) is 17.0 Å². The Morgan fingerprint density at radius 1 is 1.15 bits per heavy atom. The van der Waals surface area contributed by atoms with Crippen LogP contribution in [0.3, 0.4) is 0 Å². The van der Waals surface area contributed by atoms with Crippen LogP contribution in [0.2, 0.25) is 0 Å². The molecule has 1 aliphatic rings. The van der Waals surface area contributed by atoms with Crippen LogP contribution in [0.4, 0.5) is 5.69 Å². The zero-order valence-corrected chi connectivity index (χ0v) is 15.4. The molecule has 5 heteroatoms. The van der Waals surface area contributed by atoms with Gasteiger partial charge in [-0.3, -0.25) is 4.90 Å². The molecular weight excluding hydrogens is 326 g/mol. The van der Waals surface area contributed by atoms with E-state index in [9.17, 15) is 10.0 Å². The fourth-order valence-corrected chi connectivity index (χ4v) is 4.20. The molecule has 1 aromatic heterocycles. The minimum Gasteiger partial charge on any atom is -0.493 e. The average molecular weight is 349 g/mol. The van der Waals surface area contributed by atoms with Gasteiger partial charge in [0.05, 0.1) is 5.52 Å². The largest absolute Gasteiger partial charge is 0.493 e. The number of nitrogens with zero attached hydrogens (tertiary/aromatic N) is 2. The number of aromatic hydroxyl groups is 1. The number of aromatic nitrogens is 1. The van der Waals surface area contributed by atoms with E-state index in [2.05, 4.69) is 54.0 Å². The van der Waals surface area contributed by atoms with Crippen molar-refractivity contribution in [2.45, 2.75) is 33.7 Å². The van der Waals surface area contributed by atoms with Crippen LogP contribution in [0.5, 0.6) is 5.88 Å². The molecule has 0 saturated carbocycles. The Morgan fingerprint density at radius 2 is 1.88 bits per heavy atom. The Bertz CT molecular complexity index is 1000. The van der Waals surface area contributed by atoms with Gasteiger partial charge >= 0.3 is 0 Å². The molecule has 0 unspecified atom stereocenters. The van der Waals surface area contributed by atoms with Gasteiger partial charge in [0.25, 0.3) is 0 Å². The predicted molar refractivity (Wildman–Crippen MR) is 105 cm³/mol. The third-order valence-corrected chi connectivity index (χ3v) is 5.40. The Morgan fingerprint density at radius 3 is 2.54 bits per heavy atom. The molecule has 0 amide bonds. The minimum absolute atomic E-state index is 0.0991. The third-order valence-electron chi connectivity index (χ3n) is 5.40. The molecule has 2 N–H and O–H groups in total. The van der Waals surface area contributed by atoms with Crippen molar-refractivity contribution in [3.05, 3.63) is 51.4 Å². The normalized spacial score (nSPS) is 14.6. The van der Waals surface area contributed by atoms with Gasteiger partial charge in [-0.2, -0.15) is 0 Å². The maximum atomic E-state index is 11.3. The van der Waals surface area contributed by atoms with Crippen LogP contribution in [0, 0.1) is 18.8 Å². The zero-order chi connectivity index (χ0) is 18.4. The van der Waals surface area contributed by atoms with Crippen molar-refractivity contribution in [2.75, 3.05) is 13.1 Å². The standard InChI is InChI=1S/C21H23N3O2/c1-4-24-6-5-15-16(14-8-12(2)7-13(3)9-14)10-17-19(18(15)11-24)22-21(25)20(17)23-26/h7-10,22,25H,4-6,11H2,1-3H3. The van der Waals surface area contributed by atoms with Crippen molar-refractivity contribution in [1.29, 1.82) is 0 Å². The molecule has 26 heavy (non-hydrogen) atoms. The van der Waals surface area contributed by atoms with Gasteiger partial charge in [0, 0.05) is 18.5 Å². The summed E-state index contributed by atoms with van der Waals surface area (Å²) in [4.78, 5) is 16.7. The first kappa shape index (κ1) is 16.8. The van der Waals surface area contributed by atoms with E-state index in [1.165, 1.54) is 16.7 Å². The number of benzene rings is 2. The summed E-state index contributed by atoms with van der Waals surface area (Å²) in [6.45, 7) is 9.14. The second-order valence-corrected chi connectivity index (χ2v) is 7.21. The fourth-order valence-electron chi connectivity index (χ4n) is 4.20. The van der Waals surface area contributed by atoms with Crippen molar-refractivity contribution in [2.24, 2.45) is 5.18 Å². The van der Waals surface area contributed by atoms with E-state index in [0.717, 1.165) is 48.3 Å². The first-order valence-electron chi connectivity index (χ1n) is 9.05. The molecule has 0 spiro atoms. The second kappa shape index (κ2) is 6.25. The van der Waals surface area contributed by atoms with E-state index >= 15 is 0 Å². The van der Waals surface area contributed by atoms with Crippen molar-refractivity contribution in [3.63, 3.8) is 0 Å². The summed E-state index contributed by atoms with van der Waals surface area (Å²) in [5.41, 5.74) is 8.11. The lowest BCUT2D eigenvalue weighted by atomic mass is 9.87. The van der Waals surface area contributed by atoms with Gasteiger partial charge in [-0.1, -0.05) is 36.2 Å². The fraction of sp³-hybridized carbons (Fsp3) is 0.333. The molecule has 4 rings (SSSR count). The molecule has 0 saturated heterocycles. The van der Waals surface area contributed by atoms with E-state index < -0.39 is 0 Å². The minimum atomic E-state index is -0.150. The number of aryl methyl sites for hydroxylation is 2. The molecule has 0 aliphatic carbocycles. The van der Waals surface area contributed by atoms with Crippen LogP contribution in [0.1, 0.15) is 29.2 Å². The summed E-state index contributed by atoms with van der Waals surface area (Å²) in [6.07, 6.45) is 0.949. The molecule has 134 valence electrons. The highest BCUT2D eigenvalue weighted by Gasteiger charge is 2.25. The monoisotopic (exact) mass is 349 g/mol. The maximum Gasteiger partial charge on any atom is 0.219 e. The summed E-state index contributed by atoms with van der Waals surface area (Å²) < 4.78 is 0. The number of fused-ring (bicyclic) bond motifs is 3. The van der Waals surface area contributed by atoms with Crippen LogP contribution in [0.15, 0.2) is 29.4 Å². The Kier molecular flexibility index (Phi) is 4.04. The molecule has 3 aromatic rings. The lowest BCUT2D eigenvalue weighted by Crippen LogP contribution is -2.30. The third kappa shape index (κ3) is 2.59. The number of rotatable bonds is 3. The smallest absolute Gasteiger partial charge is 0.219 e. The van der Waals surface area contributed by atoms with Gasteiger partial charge in [-0.05, 0) is 60.3 Å². The lowest BCUT2D eigenvalue weighted by Gasteiger charge is -2.30. The summed E-state index contributed by atoms with van der Waals surface area (Å²) >= 11 is 0. The van der Waals surface area contributed by atoms with Gasteiger partial charge in [0.15, 0.2) is 5.69 Å². The van der Waals surface area contributed by atoms with Gasteiger partial charge in [-0.25, -0.2) is 0 Å². The van der Waals surface area contributed by atoms with E-state index in [-0.39, 0.29) is 11.6 Å². The number of nitrogens with one attached hydrogen (secondary N) is 1. The summed E-state index contributed by atoms with van der Waals surface area (Å²) in [5.74, 6) is -0.150. The van der Waals surface area contributed by atoms with Gasteiger partial charge in [0.1, 0.15) is 0 Å². The summed E-state index contributed by atoms with van der Waals surface area (Å²) in [5, 5.41) is 13.9. The van der Waals surface area contributed by atoms with E-state index in [1.54, 1.807) is 0 Å². The van der Waals surface area contributed by atoms with Crippen LogP contribution >= 0.6 is 0 Å². The molecular formula is C21H23N3O2. The SMILES string of the molecule is CCN1CCc2c(-c3cc(C)cc(C)c3)cc3c(N=O)c(O)[nH]c3c2C1. The molecule has 0 fully saturated rings. The van der Waals surface area contributed by atoms with Crippen molar-refractivity contribution in [1.82, 2.24) is 9.88 Å². The van der Waals surface area contributed by atoms with E-state index in [4.69, 9.17) is 0 Å². The Hall–Kier alpha value is -2.66. The van der Waals surface area contributed by atoms with E-state index in [0.29, 0.717) is 5.39 Å². The van der Waals surface area contributed by atoms with Gasteiger partial charge in [-0.15, -0.1) is 4.91 Å².